The number of aryl methyl sites for hydroxylation is 1. The average molecular weight is 260 g/mol. The lowest BCUT2D eigenvalue weighted by Gasteiger charge is -2.28. The Hall–Kier alpha value is -0.390. The molecule has 1 aliphatic rings. The van der Waals surface area contributed by atoms with Crippen molar-refractivity contribution >= 4 is 21.2 Å². The fourth-order valence-corrected chi connectivity index (χ4v) is 4.86. The Morgan fingerprint density at radius 2 is 2.25 bits per heavy atom. The zero-order valence-electron chi connectivity index (χ0n) is 9.43. The van der Waals surface area contributed by atoms with Gasteiger partial charge in [0.05, 0.1) is 5.25 Å². The molecule has 2 unspecified atom stereocenters. The molecule has 2 atom stereocenters. The molecule has 1 aliphatic carbocycles. The van der Waals surface area contributed by atoms with E-state index in [1.54, 1.807) is 11.3 Å². The fourth-order valence-electron chi connectivity index (χ4n) is 2.53. The van der Waals surface area contributed by atoms with Crippen molar-refractivity contribution in [2.75, 3.05) is 6.26 Å². The molecule has 0 saturated heterocycles. The quantitative estimate of drug-likeness (QED) is 0.883. The standard InChI is InChI=1S/C11H16O3S2/c1-8-6-9(7-15-8)11(12)5-3-4-10(11)16(2,13)14/h6-7,10,12H,3-5H2,1-2H3. The van der Waals surface area contributed by atoms with Gasteiger partial charge in [0.25, 0.3) is 0 Å². The van der Waals surface area contributed by atoms with Gasteiger partial charge >= 0.3 is 0 Å². The van der Waals surface area contributed by atoms with Crippen LogP contribution in [0.15, 0.2) is 11.4 Å². The maximum absolute atomic E-state index is 11.7. The van der Waals surface area contributed by atoms with E-state index in [1.165, 1.54) is 6.26 Å². The van der Waals surface area contributed by atoms with Gasteiger partial charge in [0, 0.05) is 11.1 Å². The number of rotatable bonds is 2. The minimum atomic E-state index is -3.19. The molecule has 0 amide bonds. The Morgan fingerprint density at radius 3 is 2.75 bits per heavy atom. The first-order valence-corrected chi connectivity index (χ1v) is 8.14. The van der Waals surface area contributed by atoms with Crippen molar-refractivity contribution in [3.8, 4) is 0 Å². The van der Waals surface area contributed by atoms with Crippen LogP contribution in [-0.4, -0.2) is 25.0 Å². The van der Waals surface area contributed by atoms with Crippen molar-refractivity contribution in [2.45, 2.75) is 37.0 Å². The van der Waals surface area contributed by atoms with Crippen molar-refractivity contribution < 1.29 is 13.5 Å². The summed E-state index contributed by atoms with van der Waals surface area (Å²) < 4.78 is 23.3. The second-order valence-corrected chi connectivity index (χ2v) is 7.92. The van der Waals surface area contributed by atoms with E-state index in [1.807, 2.05) is 18.4 Å². The summed E-state index contributed by atoms with van der Waals surface area (Å²) in [7, 11) is -3.19. The summed E-state index contributed by atoms with van der Waals surface area (Å²) in [6.45, 7) is 1.96. The number of aliphatic hydroxyl groups is 1. The van der Waals surface area contributed by atoms with Gasteiger partial charge in [-0.05, 0) is 43.2 Å². The van der Waals surface area contributed by atoms with Crippen LogP contribution in [-0.2, 0) is 15.4 Å². The smallest absolute Gasteiger partial charge is 0.153 e. The molecule has 1 aromatic heterocycles. The molecule has 0 spiro atoms. The molecule has 0 bridgehead atoms. The molecule has 1 aromatic rings. The SMILES string of the molecule is Cc1cc(C2(O)CCCC2S(C)(=O)=O)cs1. The van der Waals surface area contributed by atoms with E-state index in [2.05, 4.69) is 0 Å². The third-order valence-electron chi connectivity index (χ3n) is 3.30. The van der Waals surface area contributed by atoms with Crippen molar-refractivity contribution in [2.24, 2.45) is 0 Å². The third kappa shape index (κ3) is 1.92. The summed E-state index contributed by atoms with van der Waals surface area (Å²) >= 11 is 1.55. The van der Waals surface area contributed by atoms with Crippen LogP contribution in [0.4, 0.5) is 0 Å². The number of hydrogen-bond acceptors (Lipinski definition) is 4. The molecule has 90 valence electrons. The van der Waals surface area contributed by atoms with Crippen LogP contribution in [0, 0.1) is 6.92 Å². The first-order chi connectivity index (χ1) is 7.34. The number of sulfone groups is 1. The monoisotopic (exact) mass is 260 g/mol. The summed E-state index contributed by atoms with van der Waals surface area (Å²) in [6, 6.07) is 1.90. The van der Waals surface area contributed by atoms with E-state index in [9.17, 15) is 13.5 Å². The van der Waals surface area contributed by atoms with E-state index in [4.69, 9.17) is 0 Å². The van der Waals surface area contributed by atoms with Crippen LogP contribution in [0.5, 0.6) is 0 Å². The van der Waals surface area contributed by atoms with Crippen LogP contribution in [0.25, 0.3) is 0 Å². The normalized spacial score (nSPS) is 30.8. The number of hydrogen-bond donors (Lipinski definition) is 1. The molecule has 3 nitrogen and oxygen atoms in total. The van der Waals surface area contributed by atoms with Gasteiger partial charge in [-0.3, -0.25) is 0 Å². The number of thiophene rings is 1. The summed E-state index contributed by atoms with van der Waals surface area (Å²) in [5.74, 6) is 0. The van der Waals surface area contributed by atoms with Gasteiger partial charge in [-0.1, -0.05) is 0 Å². The van der Waals surface area contributed by atoms with E-state index >= 15 is 0 Å². The molecule has 0 aromatic carbocycles. The molecule has 1 heterocycles. The fraction of sp³-hybridized carbons (Fsp3) is 0.636. The predicted octanol–water partition coefficient (Wildman–Crippen LogP) is 1.84. The summed E-state index contributed by atoms with van der Waals surface area (Å²) in [5, 5.41) is 11.8. The molecule has 1 saturated carbocycles. The van der Waals surface area contributed by atoms with Crippen molar-refractivity contribution in [3.05, 3.63) is 21.9 Å². The second-order valence-electron chi connectivity index (χ2n) is 4.58. The largest absolute Gasteiger partial charge is 0.384 e. The Labute approximate surface area is 100 Å². The van der Waals surface area contributed by atoms with Gasteiger partial charge in [-0.2, -0.15) is 0 Å². The maximum Gasteiger partial charge on any atom is 0.153 e. The summed E-state index contributed by atoms with van der Waals surface area (Å²) in [6.07, 6.45) is 3.08. The Kier molecular flexibility index (Phi) is 2.88. The van der Waals surface area contributed by atoms with Crippen molar-refractivity contribution in [3.63, 3.8) is 0 Å². The van der Waals surface area contributed by atoms with Crippen LogP contribution in [0.1, 0.15) is 29.7 Å². The minimum Gasteiger partial charge on any atom is -0.384 e. The third-order valence-corrected chi connectivity index (χ3v) is 5.82. The first kappa shape index (κ1) is 12.1. The molecule has 2 rings (SSSR count). The van der Waals surface area contributed by atoms with E-state index < -0.39 is 20.7 Å². The first-order valence-electron chi connectivity index (χ1n) is 5.31. The lowest BCUT2D eigenvalue weighted by Crippen LogP contribution is -2.39. The average Bonchev–Trinajstić information content (AvgIpc) is 2.71. The second kappa shape index (κ2) is 3.82. The minimum absolute atomic E-state index is 0.543. The van der Waals surface area contributed by atoms with Gasteiger partial charge in [0.2, 0.25) is 0 Å². The highest BCUT2D eigenvalue weighted by atomic mass is 32.2. The van der Waals surface area contributed by atoms with Crippen LogP contribution in [0.2, 0.25) is 0 Å². The van der Waals surface area contributed by atoms with E-state index in [0.717, 1.165) is 16.9 Å². The van der Waals surface area contributed by atoms with E-state index in [0.29, 0.717) is 12.8 Å². The topological polar surface area (TPSA) is 54.4 Å². The molecular weight excluding hydrogens is 244 g/mol. The van der Waals surface area contributed by atoms with Crippen LogP contribution < -0.4 is 0 Å². The van der Waals surface area contributed by atoms with E-state index in [-0.39, 0.29) is 0 Å². The van der Waals surface area contributed by atoms with Gasteiger partial charge in [-0.25, -0.2) is 8.42 Å². The highest BCUT2D eigenvalue weighted by Crippen LogP contribution is 2.43. The molecule has 16 heavy (non-hydrogen) atoms. The molecule has 0 radical (unpaired) electrons. The molecular formula is C11H16O3S2. The lowest BCUT2D eigenvalue weighted by molar-refractivity contribution is 0.0481. The Balaban J connectivity index is 2.44. The van der Waals surface area contributed by atoms with Crippen molar-refractivity contribution in [1.82, 2.24) is 0 Å². The zero-order valence-corrected chi connectivity index (χ0v) is 11.1. The Bertz CT molecular complexity index is 489. The molecule has 1 N–H and O–H groups in total. The maximum atomic E-state index is 11.7. The van der Waals surface area contributed by atoms with Gasteiger partial charge in [0.15, 0.2) is 9.84 Å². The predicted molar refractivity (Wildman–Crippen MR) is 65.4 cm³/mol. The summed E-state index contributed by atoms with van der Waals surface area (Å²) in [5.41, 5.74) is -0.402. The summed E-state index contributed by atoms with van der Waals surface area (Å²) in [4.78, 5) is 1.10. The molecule has 5 heteroatoms. The highest BCUT2D eigenvalue weighted by Gasteiger charge is 2.48. The lowest BCUT2D eigenvalue weighted by atomic mass is 9.94. The molecule has 0 aliphatic heterocycles. The van der Waals surface area contributed by atoms with Crippen molar-refractivity contribution in [1.29, 1.82) is 0 Å². The Morgan fingerprint density at radius 1 is 1.56 bits per heavy atom. The van der Waals surface area contributed by atoms with Gasteiger partial charge in [-0.15, -0.1) is 11.3 Å². The zero-order chi connectivity index (χ0) is 12.0. The highest BCUT2D eigenvalue weighted by molar-refractivity contribution is 7.91. The van der Waals surface area contributed by atoms with Crippen LogP contribution in [0.3, 0.4) is 0 Å². The van der Waals surface area contributed by atoms with Gasteiger partial charge in [0.1, 0.15) is 5.60 Å². The van der Waals surface area contributed by atoms with Crippen LogP contribution >= 0.6 is 11.3 Å². The molecule has 1 fully saturated rings. The van der Waals surface area contributed by atoms with Gasteiger partial charge < -0.3 is 5.11 Å².